The number of nitrogens with zero attached hydrogens (tertiary/aromatic N) is 4. The van der Waals surface area contributed by atoms with Crippen molar-refractivity contribution in [2.45, 2.75) is 25.5 Å². The van der Waals surface area contributed by atoms with Gasteiger partial charge in [0.15, 0.2) is 5.11 Å². The average molecular weight is 443 g/mol. The second kappa shape index (κ2) is 8.82. The van der Waals surface area contributed by atoms with Crippen molar-refractivity contribution in [2.75, 3.05) is 20.3 Å². The summed E-state index contributed by atoms with van der Waals surface area (Å²) in [5.74, 6) is 0.419. The van der Waals surface area contributed by atoms with E-state index in [4.69, 9.17) is 21.7 Å². The van der Waals surface area contributed by atoms with E-state index in [0.29, 0.717) is 29.7 Å². The summed E-state index contributed by atoms with van der Waals surface area (Å²) in [5, 5.41) is 18.3. The van der Waals surface area contributed by atoms with E-state index in [0.717, 1.165) is 24.0 Å². The highest BCUT2D eigenvalue weighted by molar-refractivity contribution is 7.80. The van der Waals surface area contributed by atoms with Gasteiger partial charge in [-0.25, -0.2) is 0 Å². The Labute approximate surface area is 183 Å². The van der Waals surface area contributed by atoms with Crippen molar-refractivity contribution in [1.29, 1.82) is 0 Å². The number of hydrogen-bond donors (Lipinski definition) is 1. The highest BCUT2D eigenvalue weighted by Gasteiger charge is 2.33. The summed E-state index contributed by atoms with van der Waals surface area (Å²) in [6.07, 6.45) is 6.19. The third-order valence-electron chi connectivity index (χ3n) is 5.15. The molecule has 2 aliphatic rings. The Kier molecular flexibility index (Phi) is 5.96. The fraction of sp³-hybridized carbons (Fsp3) is 0.350. The highest BCUT2D eigenvalue weighted by atomic mass is 32.1. The Bertz CT molecular complexity index is 1060. The van der Waals surface area contributed by atoms with Gasteiger partial charge < -0.3 is 14.8 Å². The predicted molar refractivity (Wildman–Crippen MR) is 115 cm³/mol. The van der Waals surface area contributed by atoms with E-state index >= 15 is 0 Å². The van der Waals surface area contributed by atoms with Gasteiger partial charge in [-0.05, 0) is 48.8 Å². The van der Waals surface area contributed by atoms with E-state index in [-0.39, 0.29) is 24.2 Å². The van der Waals surface area contributed by atoms with Gasteiger partial charge in [0.25, 0.3) is 5.91 Å². The van der Waals surface area contributed by atoms with Crippen molar-refractivity contribution in [3.63, 3.8) is 0 Å². The Morgan fingerprint density at radius 3 is 3.00 bits per heavy atom. The number of aromatic nitrogens is 2. The quantitative estimate of drug-likeness (QED) is 0.300. The van der Waals surface area contributed by atoms with Crippen LogP contribution in [0.1, 0.15) is 24.0 Å². The van der Waals surface area contributed by atoms with E-state index in [2.05, 4.69) is 10.4 Å². The molecular weight excluding hydrogens is 422 g/mol. The highest BCUT2D eigenvalue weighted by Crippen LogP contribution is 2.24. The number of amides is 1. The van der Waals surface area contributed by atoms with Crippen LogP contribution >= 0.6 is 12.2 Å². The Morgan fingerprint density at radius 1 is 1.48 bits per heavy atom. The number of hydrogen-bond acceptors (Lipinski definition) is 7. The summed E-state index contributed by atoms with van der Waals surface area (Å²) < 4.78 is 12.5. The van der Waals surface area contributed by atoms with Crippen molar-refractivity contribution >= 4 is 35.0 Å². The molecule has 1 aromatic carbocycles. The van der Waals surface area contributed by atoms with E-state index in [1.807, 2.05) is 12.1 Å². The minimum atomic E-state index is -0.496. The summed E-state index contributed by atoms with van der Waals surface area (Å²) >= 11 is 5.33. The summed E-state index contributed by atoms with van der Waals surface area (Å²) in [6.45, 7) is 1.43. The number of carbonyl (C=O) groups is 1. The maximum absolute atomic E-state index is 12.8. The van der Waals surface area contributed by atoms with Gasteiger partial charge in [0, 0.05) is 12.2 Å². The van der Waals surface area contributed by atoms with Crippen molar-refractivity contribution in [2.24, 2.45) is 0 Å². The zero-order valence-electron chi connectivity index (χ0n) is 16.8. The lowest BCUT2D eigenvalue weighted by Gasteiger charge is -2.18. The Hall–Kier alpha value is -3.31. The zero-order chi connectivity index (χ0) is 22.0. The molecule has 10 nitrogen and oxygen atoms in total. The molecule has 3 heterocycles. The molecule has 1 amide bonds. The number of ether oxygens (including phenoxy) is 2. The second-order valence-electron chi connectivity index (χ2n) is 7.26. The van der Waals surface area contributed by atoms with Gasteiger partial charge in [-0.1, -0.05) is 6.07 Å². The molecule has 1 atom stereocenters. The first-order chi connectivity index (χ1) is 14.9. The second-order valence-corrected chi connectivity index (χ2v) is 7.65. The molecule has 2 aliphatic heterocycles. The number of thiocarbonyl (C=S) groups is 1. The lowest BCUT2D eigenvalue weighted by atomic mass is 10.1. The first kappa shape index (κ1) is 20.9. The monoisotopic (exact) mass is 443 g/mol. The molecule has 11 heteroatoms. The molecule has 4 rings (SSSR count). The molecule has 1 unspecified atom stereocenters. The van der Waals surface area contributed by atoms with E-state index < -0.39 is 4.92 Å². The third kappa shape index (κ3) is 4.57. The molecule has 0 radical (unpaired) electrons. The van der Waals surface area contributed by atoms with E-state index in [9.17, 15) is 14.9 Å². The summed E-state index contributed by atoms with van der Waals surface area (Å²) in [6, 6.07) is 5.45. The first-order valence-electron chi connectivity index (χ1n) is 9.74. The average Bonchev–Trinajstić information content (AvgIpc) is 3.47. The summed E-state index contributed by atoms with van der Waals surface area (Å²) in [5.41, 5.74) is 1.82. The van der Waals surface area contributed by atoms with Crippen LogP contribution in [0.3, 0.4) is 0 Å². The Balaban J connectivity index is 1.54. The van der Waals surface area contributed by atoms with Gasteiger partial charge >= 0.3 is 5.69 Å². The van der Waals surface area contributed by atoms with Crippen LogP contribution in [-0.4, -0.2) is 57.0 Å². The number of nitro groups is 1. The minimum Gasteiger partial charge on any atom is -0.496 e. The van der Waals surface area contributed by atoms with Crippen LogP contribution in [-0.2, 0) is 16.1 Å². The van der Waals surface area contributed by atoms with Crippen LogP contribution < -0.4 is 10.1 Å². The number of nitrogens with one attached hydrogen (secondary N) is 1. The topological polar surface area (TPSA) is 112 Å². The van der Waals surface area contributed by atoms with Crippen LogP contribution in [0.4, 0.5) is 5.69 Å². The molecule has 31 heavy (non-hydrogen) atoms. The molecule has 0 spiro atoms. The molecule has 0 saturated carbocycles. The maximum Gasteiger partial charge on any atom is 0.307 e. The van der Waals surface area contributed by atoms with Crippen molar-refractivity contribution < 1.29 is 19.2 Å². The van der Waals surface area contributed by atoms with Crippen LogP contribution in [0.5, 0.6) is 5.75 Å². The number of carbonyl (C=O) groups excluding carboxylic acids is 1. The van der Waals surface area contributed by atoms with Crippen molar-refractivity contribution in [3.05, 3.63) is 57.5 Å². The molecule has 1 aromatic heterocycles. The summed E-state index contributed by atoms with van der Waals surface area (Å²) in [7, 11) is 1.55. The van der Waals surface area contributed by atoms with Gasteiger partial charge in [-0.3, -0.25) is 24.5 Å². The van der Waals surface area contributed by atoms with E-state index in [1.165, 1.54) is 22.0 Å². The van der Waals surface area contributed by atoms with Crippen molar-refractivity contribution in [1.82, 2.24) is 20.0 Å². The van der Waals surface area contributed by atoms with Gasteiger partial charge in [0.2, 0.25) is 0 Å². The molecule has 1 N–H and O–H groups in total. The molecule has 2 saturated heterocycles. The lowest BCUT2D eigenvalue weighted by molar-refractivity contribution is -0.385. The molecular formula is C20H21N5O5S. The molecule has 2 aromatic rings. The minimum absolute atomic E-state index is 0.00812. The van der Waals surface area contributed by atoms with Crippen molar-refractivity contribution in [3.8, 4) is 5.75 Å². The van der Waals surface area contributed by atoms with Crippen LogP contribution in [0.15, 0.2) is 36.3 Å². The SMILES string of the molecule is COc1ccc(/C=C2\NC(=S)N(CC3CCCO3)C2=O)cc1Cn1cc([N+](=O)[O-])cn1. The van der Waals surface area contributed by atoms with Gasteiger partial charge in [0.05, 0.1) is 31.2 Å². The van der Waals surface area contributed by atoms with Crippen LogP contribution in [0.2, 0.25) is 0 Å². The Morgan fingerprint density at radius 2 is 2.32 bits per heavy atom. The molecule has 0 aliphatic carbocycles. The standard InChI is InChI=1S/C20H21N5O5S/c1-29-18-5-4-13(7-14(18)10-23-11-15(9-21-23)25(27)28)8-17-19(26)24(20(31)22-17)12-16-3-2-6-30-16/h4-5,7-9,11,16H,2-3,6,10,12H2,1H3,(H,22,31)/b17-8-. The van der Waals surface area contributed by atoms with E-state index in [1.54, 1.807) is 19.3 Å². The fourth-order valence-electron chi connectivity index (χ4n) is 3.62. The third-order valence-corrected chi connectivity index (χ3v) is 5.47. The maximum atomic E-state index is 12.8. The smallest absolute Gasteiger partial charge is 0.307 e. The van der Waals surface area contributed by atoms with Crippen LogP contribution in [0, 0.1) is 10.1 Å². The fourth-order valence-corrected chi connectivity index (χ4v) is 3.88. The van der Waals surface area contributed by atoms with Crippen LogP contribution in [0.25, 0.3) is 6.08 Å². The summed E-state index contributed by atoms with van der Waals surface area (Å²) in [4.78, 5) is 24.7. The predicted octanol–water partition coefficient (Wildman–Crippen LogP) is 2.08. The first-order valence-corrected chi connectivity index (χ1v) is 10.2. The van der Waals surface area contributed by atoms with Gasteiger partial charge in [-0.2, -0.15) is 5.10 Å². The number of benzene rings is 1. The largest absolute Gasteiger partial charge is 0.496 e. The molecule has 162 valence electrons. The van der Waals surface area contributed by atoms with Gasteiger partial charge in [-0.15, -0.1) is 0 Å². The van der Waals surface area contributed by atoms with Gasteiger partial charge in [0.1, 0.15) is 23.8 Å². The molecule has 0 bridgehead atoms. The normalized spacial score (nSPS) is 19.8. The zero-order valence-corrected chi connectivity index (χ0v) is 17.6. The molecule has 2 fully saturated rings. The lowest BCUT2D eigenvalue weighted by Crippen LogP contribution is -2.37. The number of rotatable bonds is 7. The number of methoxy groups -OCH3 is 1.